The quantitative estimate of drug-likeness (QED) is 0.449. The van der Waals surface area contributed by atoms with Gasteiger partial charge < -0.3 is 14.5 Å². The molecule has 1 unspecified atom stereocenters. The minimum Gasteiger partial charge on any atom is -0.463 e. The van der Waals surface area contributed by atoms with Crippen molar-refractivity contribution in [2.75, 3.05) is 12.9 Å². The molecule has 0 saturated carbocycles. The summed E-state index contributed by atoms with van der Waals surface area (Å²) in [6, 6.07) is 0. The van der Waals surface area contributed by atoms with E-state index >= 15 is 0 Å². The van der Waals surface area contributed by atoms with Crippen LogP contribution in [0.15, 0.2) is 10.5 Å². The highest BCUT2D eigenvalue weighted by atomic mass is 32.2. The van der Waals surface area contributed by atoms with Gasteiger partial charge in [-0.3, -0.25) is 4.57 Å². The monoisotopic (exact) mass is 268 g/mol. The lowest BCUT2D eigenvalue weighted by atomic mass is 10.2. The summed E-state index contributed by atoms with van der Waals surface area (Å²) < 4.78 is 15.9. The molecule has 0 aromatic heterocycles. The summed E-state index contributed by atoms with van der Waals surface area (Å²) in [4.78, 5) is 30.3. The number of allylic oxidation sites excluding steroid dienone is 1. The third-order valence-corrected chi connectivity index (χ3v) is 4.20. The third-order valence-electron chi connectivity index (χ3n) is 2.10. The average Bonchev–Trinajstić information content (AvgIpc) is 2.16. The molecule has 0 fully saturated rings. The maximum Gasteiger partial charge on any atom is 0.335 e. The number of carbonyl (C=O) groups is 1. The number of rotatable bonds is 5. The standard InChI is InChI=1S/C9H17O5PS/c1-5-14-9(10)8(7(3)16-4)6(2)15(11,12)13/h6H,5H2,1-4H3,(H2,11,12,13). The maximum atomic E-state index is 11.6. The van der Waals surface area contributed by atoms with E-state index in [1.54, 1.807) is 20.1 Å². The molecule has 0 radical (unpaired) electrons. The van der Waals surface area contributed by atoms with Gasteiger partial charge in [-0.2, -0.15) is 0 Å². The predicted molar refractivity (Wildman–Crippen MR) is 64.4 cm³/mol. The second-order valence-corrected chi connectivity index (χ2v) is 6.13. The van der Waals surface area contributed by atoms with Gasteiger partial charge in [0.15, 0.2) is 0 Å². The van der Waals surface area contributed by atoms with Crippen LogP contribution in [0.2, 0.25) is 0 Å². The molecule has 5 nitrogen and oxygen atoms in total. The van der Waals surface area contributed by atoms with Gasteiger partial charge in [-0.1, -0.05) is 0 Å². The molecule has 0 spiro atoms. The molecular weight excluding hydrogens is 251 g/mol. The van der Waals surface area contributed by atoms with Crippen LogP contribution in [0, 0.1) is 0 Å². The van der Waals surface area contributed by atoms with Crippen molar-refractivity contribution < 1.29 is 23.9 Å². The SMILES string of the molecule is CCOC(=O)C(=C(C)SC)C(C)P(=O)(O)O. The minimum absolute atomic E-state index is 0.0580. The van der Waals surface area contributed by atoms with E-state index in [-0.39, 0.29) is 12.2 Å². The molecule has 0 aromatic rings. The van der Waals surface area contributed by atoms with Gasteiger partial charge in [-0.15, -0.1) is 11.8 Å². The Labute approximate surface area is 99.4 Å². The highest BCUT2D eigenvalue weighted by Crippen LogP contribution is 2.46. The lowest BCUT2D eigenvalue weighted by Gasteiger charge is -2.18. The van der Waals surface area contributed by atoms with E-state index < -0.39 is 19.2 Å². The van der Waals surface area contributed by atoms with Crippen molar-refractivity contribution in [3.8, 4) is 0 Å². The Morgan fingerprint density at radius 2 is 2.00 bits per heavy atom. The Bertz CT molecular complexity index is 333. The van der Waals surface area contributed by atoms with Crippen molar-refractivity contribution in [3.05, 3.63) is 10.5 Å². The fourth-order valence-corrected chi connectivity index (χ4v) is 2.30. The van der Waals surface area contributed by atoms with Crippen molar-refractivity contribution in [1.82, 2.24) is 0 Å². The predicted octanol–water partition coefficient (Wildman–Crippen LogP) is 1.75. The molecule has 0 saturated heterocycles. The summed E-state index contributed by atoms with van der Waals surface area (Å²) in [5.74, 6) is -0.662. The van der Waals surface area contributed by atoms with E-state index in [0.717, 1.165) is 0 Å². The summed E-state index contributed by atoms with van der Waals surface area (Å²) in [5, 5.41) is 0. The van der Waals surface area contributed by atoms with Crippen molar-refractivity contribution in [1.29, 1.82) is 0 Å². The minimum atomic E-state index is -4.33. The molecule has 2 N–H and O–H groups in total. The van der Waals surface area contributed by atoms with Gasteiger partial charge in [0.25, 0.3) is 0 Å². The average molecular weight is 268 g/mol. The largest absolute Gasteiger partial charge is 0.463 e. The molecule has 0 aromatic carbocycles. The van der Waals surface area contributed by atoms with E-state index in [4.69, 9.17) is 14.5 Å². The molecule has 16 heavy (non-hydrogen) atoms. The Balaban J connectivity index is 5.29. The summed E-state index contributed by atoms with van der Waals surface area (Å²) in [7, 11) is -4.33. The number of hydrogen-bond acceptors (Lipinski definition) is 4. The lowest BCUT2D eigenvalue weighted by molar-refractivity contribution is -0.138. The topological polar surface area (TPSA) is 83.8 Å². The van der Waals surface area contributed by atoms with Crippen molar-refractivity contribution in [2.24, 2.45) is 0 Å². The van der Waals surface area contributed by atoms with Gasteiger partial charge in [-0.25, -0.2) is 4.79 Å². The Hall–Kier alpha value is -0.290. The maximum absolute atomic E-state index is 11.6. The summed E-state index contributed by atoms with van der Waals surface area (Å²) in [6.45, 7) is 4.79. The van der Waals surface area contributed by atoms with Crippen LogP contribution >= 0.6 is 19.4 Å². The van der Waals surface area contributed by atoms with E-state index in [2.05, 4.69) is 0 Å². The van der Waals surface area contributed by atoms with Crippen LogP contribution in [-0.2, 0) is 14.1 Å². The van der Waals surface area contributed by atoms with Crippen LogP contribution in [0.25, 0.3) is 0 Å². The fraction of sp³-hybridized carbons (Fsp3) is 0.667. The van der Waals surface area contributed by atoms with Crippen LogP contribution in [-0.4, -0.2) is 34.3 Å². The van der Waals surface area contributed by atoms with Gasteiger partial charge in [-0.05, 0) is 31.9 Å². The van der Waals surface area contributed by atoms with Gasteiger partial charge in [0.05, 0.1) is 17.8 Å². The molecule has 7 heteroatoms. The van der Waals surface area contributed by atoms with Crippen molar-refractivity contribution in [3.63, 3.8) is 0 Å². The van der Waals surface area contributed by atoms with Crippen molar-refractivity contribution in [2.45, 2.75) is 26.4 Å². The molecular formula is C9H17O5PS. The number of esters is 1. The Morgan fingerprint density at radius 1 is 1.50 bits per heavy atom. The van der Waals surface area contributed by atoms with Crippen molar-refractivity contribution >= 4 is 25.3 Å². The zero-order valence-corrected chi connectivity index (χ0v) is 11.5. The first-order valence-electron chi connectivity index (χ1n) is 4.72. The first-order chi connectivity index (χ1) is 7.25. The molecule has 0 rings (SSSR count). The number of thioether (sulfide) groups is 1. The highest BCUT2D eigenvalue weighted by Gasteiger charge is 2.33. The highest BCUT2D eigenvalue weighted by molar-refractivity contribution is 8.02. The zero-order chi connectivity index (χ0) is 12.9. The van der Waals surface area contributed by atoms with Gasteiger partial charge in [0.1, 0.15) is 0 Å². The normalized spacial score (nSPS) is 15.4. The number of ether oxygens (including phenoxy) is 1. The van der Waals surface area contributed by atoms with Crippen LogP contribution in [0.3, 0.4) is 0 Å². The van der Waals surface area contributed by atoms with Crippen LogP contribution in [0.4, 0.5) is 0 Å². The second-order valence-electron chi connectivity index (χ2n) is 3.16. The lowest BCUT2D eigenvalue weighted by Crippen LogP contribution is -2.19. The van der Waals surface area contributed by atoms with E-state index in [0.29, 0.717) is 4.91 Å². The first-order valence-corrected chi connectivity index (χ1v) is 7.63. The van der Waals surface area contributed by atoms with Gasteiger partial charge >= 0.3 is 13.6 Å². The van der Waals surface area contributed by atoms with Gasteiger partial charge in [0.2, 0.25) is 0 Å². The van der Waals surface area contributed by atoms with Crippen LogP contribution in [0.5, 0.6) is 0 Å². The Morgan fingerprint density at radius 3 is 2.31 bits per heavy atom. The molecule has 0 bridgehead atoms. The third kappa shape index (κ3) is 4.29. The second kappa shape index (κ2) is 6.45. The molecule has 0 heterocycles. The molecule has 0 aliphatic carbocycles. The van der Waals surface area contributed by atoms with E-state index in [1.807, 2.05) is 0 Å². The summed E-state index contributed by atoms with van der Waals surface area (Å²) in [5.41, 5.74) is -1.08. The van der Waals surface area contributed by atoms with Crippen LogP contribution < -0.4 is 0 Å². The smallest absolute Gasteiger partial charge is 0.335 e. The molecule has 0 aliphatic rings. The van der Waals surface area contributed by atoms with Gasteiger partial charge in [0, 0.05) is 0 Å². The zero-order valence-electron chi connectivity index (χ0n) is 9.76. The summed E-state index contributed by atoms with van der Waals surface area (Å²) >= 11 is 1.27. The molecule has 1 atom stereocenters. The molecule has 94 valence electrons. The fourth-order valence-electron chi connectivity index (χ4n) is 1.10. The summed E-state index contributed by atoms with van der Waals surface area (Å²) in [6.07, 6.45) is 1.74. The number of hydrogen-bond donors (Lipinski definition) is 2. The Kier molecular flexibility index (Phi) is 6.33. The van der Waals surface area contributed by atoms with Crippen LogP contribution in [0.1, 0.15) is 20.8 Å². The van der Waals surface area contributed by atoms with E-state index in [9.17, 15) is 9.36 Å². The molecule has 0 aliphatic heterocycles. The van der Waals surface area contributed by atoms with E-state index in [1.165, 1.54) is 18.7 Å². The number of carbonyl (C=O) groups excluding carboxylic acids is 1. The first kappa shape index (κ1) is 15.7. The molecule has 0 amide bonds.